The smallest absolute Gasteiger partial charge is 0.244 e. The van der Waals surface area contributed by atoms with Crippen LogP contribution in [0.1, 0.15) is 30.0 Å². The first-order valence-corrected chi connectivity index (χ1v) is 8.23. The monoisotopic (exact) mass is 309 g/mol. The van der Waals surface area contributed by atoms with E-state index in [0.29, 0.717) is 6.42 Å². The Kier molecular flexibility index (Phi) is 3.54. The van der Waals surface area contributed by atoms with E-state index in [0.717, 1.165) is 24.0 Å². The predicted octanol–water partition coefficient (Wildman–Crippen LogP) is 1.92. The van der Waals surface area contributed by atoms with Crippen molar-refractivity contribution in [2.75, 3.05) is 0 Å². The van der Waals surface area contributed by atoms with Crippen molar-refractivity contribution >= 4 is 10.0 Å². The number of aromatic nitrogens is 2. The molecule has 1 heterocycles. The summed E-state index contributed by atoms with van der Waals surface area (Å²) in [5, 5.41) is 3.88. The van der Waals surface area contributed by atoms with Crippen molar-refractivity contribution < 1.29 is 12.8 Å². The second-order valence-corrected chi connectivity index (χ2v) is 6.97. The minimum absolute atomic E-state index is 0.138. The van der Waals surface area contributed by atoms with Crippen molar-refractivity contribution in [3.05, 3.63) is 47.5 Å². The van der Waals surface area contributed by atoms with E-state index in [1.807, 2.05) is 0 Å². The normalized spacial score (nSPS) is 18.5. The number of aryl methyl sites for hydroxylation is 2. The molecular weight excluding hydrogens is 293 g/mol. The molecule has 0 saturated carbocycles. The van der Waals surface area contributed by atoms with Gasteiger partial charge >= 0.3 is 0 Å². The minimum Gasteiger partial charge on any atom is -0.274 e. The number of sulfonamides is 1. The van der Waals surface area contributed by atoms with Crippen LogP contribution < -0.4 is 4.72 Å². The summed E-state index contributed by atoms with van der Waals surface area (Å²) in [5.41, 5.74) is 1.73. The van der Waals surface area contributed by atoms with Gasteiger partial charge in [-0.05, 0) is 42.5 Å². The summed E-state index contributed by atoms with van der Waals surface area (Å²) in [5.74, 6) is -0.287. The van der Waals surface area contributed by atoms with Crippen molar-refractivity contribution in [1.82, 2.24) is 14.5 Å². The Hall–Kier alpha value is -1.73. The Morgan fingerprint density at radius 1 is 1.43 bits per heavy atom. The lowest BCUT2D eigenvalue weighted by Crippen LogP contribution is -2.31. The first kappa shape index (κ1) is 14.2. The summed E-state index contributed by atoms with van der Waals surface area (Å²) < 4.78 is 42.1. The zero-order chi connectivity index (χ0) is 15.0. The van der Waals surface area contributed by atoms with E-state index in [-0.39, 0.29) is 16.8 Å². The number of fused-ring (bicyclic) bond motifs is 1. The molecule has 5 nitrogen and oxygen atoms in total. The highest BCUT2D eigenvalue weighted by molar-refractivity contribution is 7.89. The van der Waals surface area contributed by atoms with Crippen LogP contribution in [0.15, 0.2) is 35.5 Å². The molecule has 2 aromatic rings. The van der Waals surface area contributed by atoms with Crippen LogP contribution in [0.5, 0.6) is 0 Å². The van der Waals surface area contributed by atoms with E-state index < -0.39 is 10.0 Å². The van der Waals surface area contributed by atoms with Gasteiger partial charge in [0.05, 0.1) is 6.20 Å². The second-order valence-electron chi connectivity index (χ2n) is 5.26. The van der Waals surface area contributed by atoms with Gasteiger partial charge in [-0.3, -0.25) is 4.68 Å². The molecule has 1 N–H and O–H groups in total. The molecule has 7 heteroatoms. The van der Waals surface area contributed by atoms with Crippen LogP contribution >= 0.6 is 0 Å². The standard InChI is InChI=1S/C14H16FN3O2S/c1-18-9-12(8-16-18)21(19,20)17-14-4-2-3-10-7-11(15)5-6-13(10)14/h5-9,14,17H,2-4H2,1H3/t14-/m0/s1. The molecular formula is C14H16FN3O2S. The molecule has 0 spiro atoms. The number of nitrogens with zero attached hydrogens (tertiary/aromatic N) is 2. The average Bonchev–Trinajstić information content (AvgIpc) is 2.86. The first-order valence-electron chi connectivity index (χ1n) is 6.75. The molecule has 0 unspecified atom stereocenters. The summed E-state index contributed by atoms with van der Waals surface area (Å²) in [4.78, 5) is 0.138. The second kappa shape index (κ2) is 5.23. The van der Waals surface area contributed by atoms with Gasteiger partial charge in [0.1, 0.15) is 10.7 Å². The molecule has 1 aliphatic carbocycles. The van der Waals surface area contributed by atoms with Gasteiger partial charge in [0.25, 0.3) is 0 Å². The molecule has 112 valence electrons. The molecule has 0 aliphatic heterocycles. The van der Waals surface area contributed by atoms with Crippen LogP contribution in [0.25, 0.3) is 0 Å². The van der Waals surface area contributed by atoms with Gasteiger partial charge in [-0.25, -0.2) is 17.5 Å². The van der Waals surface area contributed by atoms with Gasteiger partial charge in [0.15, 0.2) is 0 Å². The third kappa shape index (κ3) is 2.84. The zero-order valence-corrected chi connectivity index (χ0v) is 12.4. The molecule has 1 aromatic heterocycles. The van der Waals surface area contributed by atoms with Crippen molar-refractivity contribution in [2.24, 2.45) is 7.05 Å². The highest BCUT2D eigenvalue weighted by Crippen LogP contribution is 2.31. The van der Waals surface area contributed by atoms with Crippen LogP contribution in [-0.2, 0) is 23.5 Å². The predicted molar refractivity (Wildman–Crippen MR) is 75.6 cm³/mol. The third-order valence-corrected chi connectivity index (χ3v) is 5.13. The number of halogens is 1. The van der Waals surface area contributed by atoms with E-state index in [4.69, 9.17) is 0 Å². The number of hydrogen-bond donors (Lipinski definition) is 1. The van der Waals surface area contributed by atoms with Crippen molar-refractivity contribution in [3.63, 3.8) is 0 Å². The topological polar surface area (TPSA) is 64.0 Å². The summed E-state index contributed by atoms with van der Waals surface area (Å²) in [6.07, 6.45) is 5.08. The van der Waals surface area contributed by atoms with Gasteiger partial charge in [0, 0.05) is 19.3 Å². The Morgan fingerprint density at radius 2 is 2.24 bits per heavy atom. The van der Waals surface area contributed by atoms with Gasteiger partial charge in [-0.1, -0.05) is 6.07 Å². The molecule has 3 rings (SSSR count). The quantitative estimate of drug-likeness (QED) is 0.942. The molecule has 1 atom stereocenters. The van der Waals surface area contributed by atoms with Crippen molar-refractivity contribution in [2.45, 2.75) is 30.2 Å². The fourth-order valence-electron chi connectivity index (χ4n) is 2.70. The Morgan fingerprint density at radius 3 is 2.95 bits per heavy atom. The van der Waals surface area contributed by atoms with Gasteiger partial charge in [0.2, 0.25) is 10.0 Å². The largest absolute Gasteiger partial charge is 0.274 e. The van der Waals surface area contributed by atoms with E-state index in [2.05, 4.69) is 9.82 Å². The highest BCUT2D eigenvalue weighted by Gasteiger charge is 2.26. The van der Waals surface area contributed by atoms with Crippen molar-refractivity contribution in [1.29, 1.82) is 0 Å². The van der Waals surface area contributed by atoms with Gasteiger partial charge in [-0.15, -0.1) is 0 Å². The summed E-state index contributed by atoms with van der Waals surface area (Å²) in [7, 11) is -1.95. The maximum absolute atomic E-state index is 13.3. The minimum atomic E-state index is -3.62. The summed E-state index contributed by atoms with van der Waals surface area (Å²) in [6.45, 7) is 0. The van der Waals surface area contributed by atoms with Crippen LogP contribution in [0.2, 0.25) is 0 Å². The van der Waals surface area contributed by atoms with E-state index in [1.165, 1.54) is 29.2 Å². The first-order chi connectivity index (χ1) is 9.95. The fraction of sp³-hybridized carbons (Fsp3) is 0.357. The number of benzene rings is 1. The lowest BCUT2D eigenvalue weighted by atomic mass is 9.88. The molecule has 21 heavy (non-hydrogen) atoms. The molecule has 0 saturated heterocycles. The van der Waals surface area contributed by atoms with Crippen LogP contribution in [0.3, 0.4) is 0 Å². The molecule has 0 fully saturated rings. The molecule has 1 aliphatic rings. The third-order valence-electron chi connectivity index (χ3n) is 3.71. The molecule has 0 amide bonds. The van der Waals surface area contributed by atoms with Crippen LogP contribution in [0, 0.1) is 5.82 Å². The van der Waals surface area contributed by atoms with E-state index in [9.17, 15) is 12.8 Å². The van der Waals surface area contributed by atoms with Crippen molar-refractivity contribution in [3.8, 4) is 0 Å². The number of nitrogens with one attached hydrogen (secondary N) is 1. The zero-order valence-electron chi connectivity index (χ0n) is 11.6. The number of hydrogen-bond acceptors (Lipinski definition) is 3. The lowest BCUT2D eigenvalue weighted by Gasteiger charge is -2.26. The van der Waals surface area contributed by atoms with Gasteiger partial charge in [-0.2, -0.15) is 5.10 Å². The van der Waals surface area contributed by atoms with E-state index >= 15 is 0 Å². The SMILES string of the molecule is Cn1cc(S(=O)(=O)N[C@H]2CCCc3cc(F)ccc32)cn1. The van der Waals surface area contributed by atoms with Gasteiger partial charge < -0.3 is 0 Å². The Labute approximate surface area is 122 Å². The highest BCUT2D eigenvalue weighted by atomic mass is 32.2. The summed E-state index contributed by atoms with van der Waals surface area (Å²) in [6, 6.07) is 4.20. The lowest BCUT2D eigenvalue weighted by molar-refractivity contribution is 0.504. The fourth-order valence-corrected chi connectivity index (χ4v) is 3.93. The maximum Gasteiger partial charge on any atom is 0.244 e. The number of rotatable bonds is 3. The molecule has 0 bridgehead atoms. The van der Waals surface area contributed by atoms with Crippen LogP contribution in [-0.4, -0.2) is 18.2 Å². The Balaban J connectivity index is 1.90. The molecule has 1 aromatic carbocycles. The molecule has 0 radical (unpaired) electrons. The maximum atomic E-state index is 13.3. The average molecular weight is 309 g/mol. The van der Waals surface area contributed by atoms with Crippen LogP contribution in [0.4, 0.5) is 4.39 Å². The van der Waals surface area contributed by atoms with E-state index in [1.54, 1.807) is 13.1 Å². The summed E-state index contributed by atoms with van der Waals surface area (Å²) >= 11 is 0. The Bertz CT molecular complexity index is 770.